The van der Waals surface area contributed by atoms with Crippen LogP contribution >= 0.6 is 0 Å². The van der Waals surface area contributed by atoms with Crippen LogP contribution in [0.25, 0.3) is 0 Å². The minimum absolute atomic E-state index is 0.954. The predicted molar refractivity (Wildman–Crippen MR) is 78.4 cm³/mol. The quantitative estimate of drug-likeness (QED) is 0.573. The average molecular weight is 248 g/mol. The van der Waals surface area contributed by atoms with Crippen LogP contribution in [0.2, 0.25) is 0 Å². The van der Waals surface area contributed by atoms with Crippen LogP contribution in [0.5, 0.6) is 0 Å². The summed E-state index contributed by atoms with van der Waals surface area (Å²) in [6.45, 7) is 7.21. The van der Waals surface area contributed by atoms with Crippen molar-refractivity contribution in [2.75, 3.05) is 0 Å². The fourth-order valence-electron chi connectivity index (χ4n) is 5.67. The summed E-state index contributed by atoms with van der Waals surface area (Å²) in [5.74, 6) is 7.68. The van der Waals surface area contributed by atoms with Crippen LogP contribution in [0.15, 0.2) is 0 Å². The van der Waals surface area contributed by atoms with Gasteiger partial charge < -0.3 is 0 Å². The van der Waals surface area contributed by atoms with Crippen LogP contribution in [0.4, 0.5) is 0 Å². The molecule has 0 aromatic carbocycles. The minimum Gasteiger partial charge on any atom is -0.0625 e. The molecule has 0 aliphatic heterocycles. The van der Waals surface area contributed by atoms with Gasteiger partial charge in [-0.25, -0.2) is 0 Å². The van der Waals surface area contributed by atoms with Crippen molar-refractivity contribution >= 4 is 0 Å². The molecule has 6 unspecified atom stereocenters. The molecule has 0 amide bonds. The van der Waals surface area contributed by atoms with E-state index in [1.807, 2.05) is 0 Å². The van der Waals surface area contributed by atoms with Crippen molar-refractivity contribution in [1.82, 2.24) is 0 Å². The molecule has 0 N–H and O–H groups in total. The van der Waals surface area contributed by atoms with E-state index in [2.05, 4.69) is 20.8 Å². The molecule has 18 heavy (non-hydrogen) atoms. The molecule has 4 rings (SSSR count). The molecule has 0 saturated heterocycles. The molecule has 0 nitrogen and oxygen atoms in total. The first-order valence-corrected chi connectivity index (χ1v) is 8.63. The van der Waals surface area contributed by atoms with Gasteiger partial charge in [0.25, 0.3) is 0 Å². The Hall–Kier alpha value is 0. The topological polar surface area (TPSA) is 0 Å². The van der Waals surface area contributed by atoms with Gasteiger partial charge in [-0.2, -0.15) is 0 Å². The van der Waals surface area contributed by atoms with Gasteiger partial charge in [-0.3, -0.25) is 0 Å². The normalized spacial score (nSPS) is 48.7. The Morgan fingerprint density at radius 3 is 1.56 bits per heavy atom. The number of hydrogen-bond acceptors (Lipinski definition) is 0. The molecule has 4 fully saturated rings. The van der Waals surface area contributed by atoms with E-state index >= 15 is 0 Å². The van der Waals surface area contributed by atoms with E-state index in [1.54, 1.807) is 51.4 Å². The highest BCUT2D eigenvalue weighted by Gasteiger charge is 2.40. The van der Waals surface area contributed by atoms with Crippen molar-refractivity contribution in [2.24, 2.45) is 41.4 Å². The molecule has 0 aromatic rings. The lowest BCUT2D eigenvalue weighted by atomic mass is 9.81. The third kappa shape index (κ3) is 2.49. The zero-order chi connectivity index (χ0) is 12.7. The maximum atomic E-state index is 2.42. The molecule has 4 aliphatic rings. The van der Waals surface area contributed by atoms with Crippen LogP contribution in [0.1, 0.15) is 72.1 Å². The van der Waals surface area contributed by atoms with Gasteiger partial charge in [0.1, 0.15) is 0 Å². The number of fused-ring (bicyclic) bond motifs is 4. The third-order valence-corrected chi connectivity index (χ3v) is 6.74. The lowest BCUT2D eigenvalue weighted by molar-refractivity contribution is 0.256. The molecule has 0 radical (unpaired) electrons. The van der Waals surface area contributed by atoms with Gasteiger partial charge in [0, 0.05) is 0 Å². The molecule has 0 spiro atoms. The molecule has 0 heterocycles. The SMILES string of the molecule is CC(C)C1CC2CCC1C2.CC1CC2CCC1C2. The fourth-order valence-corrected chi connectivity index (χ4v) is 5.67. The Morgan fingerprint density at radius 2 is 1.33 bits per heavy atom. The van der Waals surface area contributed by atoms with Crippen LogP contribution in [-0.2, 0) is 0 Å². The van der Waals surface area contributed by atoms with E-state index < -0.39 is 0 Å². The summed E-state index contributed by atoms with van der Waals surface area (Å²) in [5.41, 5.74) is 0. The number of rotatable bonds is 1. The molecule has 6 atom stereocenters. The van der Waals surface area contributed by atoms with Crippen molar-refractivity contribution in [3.63, 3.8) is 0 Å². The molecular weight excluding hydrogens is 216 g/mol. The molecule has 104 valence electrons. The molecule has 0 heteroatoms. The highest BCUT2D eigenvalue weighted by molar-refractivity contribution is 4.91. The summed E-state index contributed by atoms with van der Waals surface area (Å²) in [7, 11) is 0. The summed E-state index contributed by atoms with van der Waals surface area (Å²) in [5, 5.41) is 0. The molecule has 4 aliphatic carbocycles. The summed E-state index contributed by atoms with van der Waals surface area (Å²) >= 11 is 0. The van der Waals surface area contributed by atoms with Crippen molar-refractivity contribution in [3.05, 3.63) is 0 Å². The summed E-state index contributed by atoms with van der Waals surface area (Å²) in [6, 6.07) is 0. The zero-order valence-electron chi connectivity index (χ0n) is 12.7. The summed E-state index contributed by atoms with van der Waals surface area (Å²) < 4.78 is 0. The lowest BCUT2D eigenvalue weighted by Gasteiger charge is -2.24. The molecule has 4 saturated carbocycles. The van der Waals surface area contributed by atoms with E-state index in [4.69, 9.17) is 0 Å². The van der Waals surface area contributed by atoms with Gasteiger partial charge in [0.05, 0.1) is 0 Å². The summed E-state index contributed by atoms with van der Waals surface area (Å²) in [4.78, 5) is 0. The zero-order valence-corrected chi connectivity index (χ0v) is 12.7. The Labute approximate surface area is 114 Å². The Bertz CT molecular complexity index is 278. The van der Waals surface area contributed by atoms with Crippen LogP contribution in [-0.4, -0.2) is 0 Å². The predicted octanol–water partition coefficient (Wildman–Crippen LogP) is 5.52. The second kappa shape index (κ2) is 5.17. The first-order valence-electron chi connectivity index (χ1n) is 8.63. The average Bonchev–Trinajstić information content (AvgIpc) is 3.09. The molecule has 0 aromatic heterocycles. The standard InChI is InChI=1S/C10H18.C8H14/c1-7(2)10-6-8-3-4-9(10)5-8;1-6-4-7-2-3-8(6)5-7/h7-10H,3-6H2,1-2H3;6-8H,2-5H2,1H3. The van der Waals surface area contributed by atoms with E-state index in [0.29, 0.717) is 0 Å². The van der Waals surface area contributed by atoms with E-state index in [1.165, 1.54) is 0 Å². The van der Waals surface area contributed by atoms with E-state index in [0.717, 1.165) is 41.4 Å². The van der Waals surface area contributed by atoms with Gasteiger partial charge in [0.2, 0.25) is 0 Å². The number of hydrogen-bond donors (Lipinski definition) is 0. The summed E-state index contributed by atoms with van der Waals surface area (Å²) in [6.07, 6.45) is 12.4. The van der Waals surface area contributed by atoms with Crippen molar-refractivity contribution < 1.29 is 0 Å². The second-order valence-electron chi connectivity index (χ2n) is 8.23. The van der Waals surface area contributed by atoms with Gasteiger partial charge in [-0.05, 0) is 80.0 Å². The van der Waals surface area contributed by atoms with E-state index in [9.17, 15) is 0 Å². The first kappa shape index (κ1) is 13.0. The monoisotopic (exact) mass is 248 g/mol. The Balaban J connectivity index is 0.000000114. The minimum atomic E-state index is 0.954. The van der Waals surface area contributed by atoms with Gasteiger partial charge in [-0.15, -0.1) is 0 Å². The Kier molecular flexibility index (Phi) is 3.74. The Morgan fingerprint density at radius 1 is 0.722 bits per heavy atom. The van der Waals surface area contributed by atoms with Gasteiger partial charge in [-0.1, -0.05) is 33.6 Å². The van der Waals surface area contributed by atoms with Crippen LogP contribution in [0.3, 0.4) is 0 Å². The van der Waals surface area contributed by atoms with Crippen LogP contribution in [0, 0.1) is 41.4 Å². The van der Waals surface area contributed by atoms with Crippen molar-refractivity contribution in [3.8, 4) is 0 Å². The smallest absolute Gasteiger partial charge is 0.0360 e. The highest BCUT2D eigenvalue weighted by Crippen LogP contribution is 2.50. The maximum Gasteiger partial charge on any atom is -0.0360 e. The maximum absolute atomic E-state index is 2.42. The molecular formula is C18H32. The molecule has 4 bridgehead atoms. The third-order valence-electron chi connectivity index (χ3n) is 6.74. The second-order valence-corrected chi connectivity index (χ2v) is 8.23. The largest absolute Gasteiger partial charge is 0.0625 e. The van der Waals surface area contributed by atoms with E-state index in [-0.39, 0.29) is 0 Å². The van der Waals surface area contributed by atoms with Gasteiger partial charge >= 0.3 is 0 Å². The lowest BCUT2D eigenvalue weighted by Crippen LogP contribution is -2.15. The van der Waals surface area contributed by atoms with Crippen molar-refractivity contribution in [1.29, 1.82) is 0 Å². The van der Waals surface area contributed by atoms with Crippen LogP contribution < -0.4 is 0 Å². The highest BCUT2D eigenvalue weighted by atomic mass is 14.5. The van der Waals surface area contributed by atoms with Crippen molar-refractivity contribution in [2.45, 2.75) is 72.1 Å². The first-order chi connectivity index (χ1) is 8.63. The van der Waals surface area contributed by atoms with Gasteiger partial charge in [0.15, 0.2) is 0 Å². The fraction of sp³-hybridized carbons (Fsp3) is 1.00.